The quantitative estimate of drug-likeness (QED) is 0.637. The molecule has 1 aliphatic heterocycles. The van der Waals surface area contributed by atoms with E-state index in [2.05, 4.69) is 15.3 Å². The second-order valence-electron chi connectivity index (χ2n) is 7.24. The predicted octanol–water partition coefficient (Wildman–Crippen LogP) is 3.05. The van der Waals surface area contributed by atoms with Gasteiger partial charge in [-0.15, -0.1) is 0 Å². The molecular weight excluding hydrogens is 412 g/mol. The van der Waals surface area contributed by atoms with Crippen LogP contribution in [0.2, 0.25) is 0 Å². The third kappa shape index (κ3) is 4.22. The lowest BCUT2D eigenvalue weighted by Crippen LogP contribution is -2.41. The minimum Gasteiger partial charge on any atom is -0.497 e. The van der Waals surface area contributed by atoms with E-state index in [-0.39, 0.29) is 18.1 Å². The maximum absolute atomic E-state index is 12.8. The highest BCUT2D eigenvalue weighted by molar-refractivity contribution is 5.91. The Balaban J connectivity index is 1.52. The predicted molar refractivity (Wildman–Crippen MR) is 120 cm³/mol. The standard InChI is InChI=1S/C23H24N4O5/c1-30-15-6-4-14(5-7-15)21-24-18-10-11-27(13-17(18)22(28)26-21)23(29)25-19-9-8-16(31-2)12-20(19)32-3/h4-9,12H,10-11,13H2,1-3H3,(H,25,29)(H,24,26,28). The zero-order valence-corrected chi connectivity index (χ0v) is 18.1. The molecular formula is C23H24N4O5. The second kappa shape index (κ2) is 9.01. The molecule has 0 fully saturated rings. The van der Waals surface area contributed by atoms with Crippen LogP contribution in [0.3, 0.4) is 0 Å². The van der Waals surface area contributed by atoms with Crippen molar-refractivity contribution in [1.29, 1.82) is 0 Å². The number of fused-ring (bicyclic) bond motifs is 1. The molecule has 0 unspecified atom stereocenters. The van der Waals surface area contributed by atoms with Crippen LogP contribution in [0, 0.1) is 0 Å². The Morgan fingerprint density at radius 3 is 2.44 bits per heavy atom. The fraction of sp³-hybridized carbons (Fsp3) is 0.261. The summed E-state index contributed by atoms with van der Waals surface area (Å²) < 4.78 is 15.7. The summed E-state index contributed by atoms with van der Waals surface area (Å²) in [6.07, 6.45) is 0.482. The number of ether oxygens (including phenoxy) is 3. The van der Waals surface area contributed by atoms with E-state index in [1.54, 1.807) is 37.3 Å². The van der Waals surface area contributed by atoms with Gasteiger partial charge in [-0.3, -0.25) is 4.79 Å². The molecule has 0 aliphatic carbocycles. The number of aromatic nitrogens is 2. The number of anilines is 1. The number of aromatic amines is 1. The van der Waals surface area contributed by atoms with Crippen molar-refractivity contribution in [2.75, 3.05) is 33.2 Å². The van der Waals surface area contributed by atoms with Crippen LogP contribution in [-0.4, -0.2) is 48.8 Å². The number of methoxy groups -OCH3 is 3. The van der Waals surface area contributed by atoms with Crippen molar-refractivity contribution in [1.82, 2.24) is 14.9 Å². The van der Waals surface area contributed by atoms with Crippen molar-refractivity contribution in [2.45, 2.75) is 13.0 Å². The monoisotopic (exact) mass is 436 g/mol. The summed E-state index contributed by atoms with van der Waals surface area (Å²) in [5.74, 6) is 2.33. The van der Waals surface area contributed by atoms with Crippen molar-refractivity contribution in [3.63, 3.8) is 0 Å². The molecule has 32 heavy (non-hydrogen) atoms. The van der Waals surface area contributed by atoms with E-state index in [1.807, 2.05) is 24.3 Å². The van der Waals surface area contributed by atoms with Crippen molar-refractivity contribution < 1.29 is 19.0 Å². The average Bonchev–Trinajstić information content (AvgIpc) is 2.84. The molecule has 1 aliphatic rings. The van der Waals surface area contributed by atoms with E-state index in [1.165, 1.54) is 7.11 Å². The lowest BCUT2D eigenvalue weighted by molar-refractivity contribution is 0.205. The van der Waals surface area contributed by atoms with Crippen LogP contribution < -0.4 is 25.1 Å². The molecule has 166 valence electrons. The molecule has 4 rings (SSSR count). The van der Waals surface area contributed by atoms with Gasteiger partial charge in [-0.1, -0.05) is 0 Å². The van der Waals surface area contributed by atoms with Gasteiger partial charge in [-0.05, 0) is 36.4 Å². The molecule has 0 atom stereocenters. The number of hydrogen-bond acceptors (Lipinski definition) is 6. The number of carbonyl (C=O) groups excluding carboxylic acids is 1. The molecule has 0 bridgehead atoms. The van der Waals surface area contributed by atoms with Gasteiger partial charge in [0.2, 0.25) is 0 Å². The van der Waals surface area contributed by atoms with Gasteiger partial charge in [-0.25, -0.2) is 9.78 Å². The van der Waals surface area contributed by atoms with Gasteiger partial charge >= 0.3 is 6.03 Å². The number of urea groups is 1. The first kappa shape index (κ1) is 21.2. The summed E-state index contributed by atoms with van der Waals surface area (Å²) in [5, 5.41) is 2.84. The van der Waals surface area contributed by atoms with Crippen molar-refractivity contribution in [2.24, 2.45) is 0 Å². The van der Waals surface area contributed by atoms with E-state index in [0.717, 1.165) is 11.3 Å². The van der Waals surface area contributed by atoms with E-state index in [0.29, 0.717) is 47.2 Å². The summed E-state index contributed by atoms with van der Waals surface area (Å²) in [5.41, 5.74) is 2.25. The van der Waals surface area contributed by atoms with Crippen LogP contribution in [-0.2, 0) is 13.0 Å². The average molecular weight is 436 g/mol. The summed E-state index contributed by atoms with van der Waals surface area (Å²) in [7, 11) is 4.68. The van der Waals surface area contributed by atoms with Crippen LogP contribution in [0.15, 0.2) is 47.3 Å². The van der Waals surface area contributed by atoms with Crippen LogP contribution in [0.5, 0.6) is 17.2 Å². The maximum Gasteiger partial charge on any atom is 0.322 e. The number of nitrogens with zero attached hydrogens (tertiary/aromatic N) is 2. The molecule has 0 saturated carbocycles. The Hall–Kier alpha value is -4.01. The Bertz CT molecular complexity index is 1190. The Kier molecular flexibility index (Phi) is 5.98. The second-order valence-corrected chi connectivity index (χ2v) is 7.24. The first-order valence-electron chi connectivity index (χ1n) is 10.1. The Morgan fingerprint density at radius 1 is 1.03 bits per heavy atom. The van der Waals surface area contributed by atoms with E-state index < -0.39 is 0 Å². The smallest absolute Gasteiger partial charge is 0.322 e. The van der Waals surface area contributed by atoms with Gasteiger partial charge in [0.25, 0.3) is 5.56 Å². The third-order valence-electron chi connectivity index (χ3n) is 5.37. The SMILES string of the molecule is COc1ccc(-c2nc3c(c(=O)[nH]2)CN(C(=O)Nc2ccc(OC)cc2OC)CC3)cc1. The normalized spacial score (nSPS) is 12.7. The lowest BCUT2D eigenvalue weighted by atomic mass is 10.1. The highest BCUT2D eigenvalue weighted by atomic mass is 16.5. The Morgan fingerprint density at radius 2 is 1.75 bits per heavy atom. The summed E-state index contributed by atoms with van der Waals surface area (Å²) in [4.78, 5) is 34.7. The molecule has 2 amide bonds. The summed E-state index contributed by atoms with van der Waals surface area (Å²) >= 11 is 0. The molecule has 3 aromatic rings. The topological polar surface area (TPSA) is 106 Å². The van der Waals surface area contributed by atoms with Crippen molar-refractivity contribution in [3.8, 4) is 28.6 Å². The fourth-order valence-electron chi connectivity index (χ4n) is 3.58. The van der Waals surface area contributed by atoms with Crippen LogP contribution in [0.1, 0.15) is 11.3 Å². The zero-order valence-electron chi connectivity index (χ0n) is 18.1. The number of rotatable bonds is 5. The van der Waals surface area contributed by atoms with Crippen molar-refractivity contribution in [3.05, 3.63) is 64.1 Å². The summed E-state index contributed by atoms with van der Waals surface area (Å²) in [6.45, 7) is 0.612. The van der Waals surface area contributed by atoms with Gasteiger partial charge in [-0.2, -0.15) is 0 Å². The summed E-state index contributed by atoms with van der Waals surface area (Å²) in [6, 6.07) is 12.1. The van der Waals surface area contributed by atoms with E-state index in [4.69, 9.17) is 14.2 Å². The number of hydrogen-bond donors (Lipinski definition) is 2. The van der Waals surface area contributed by atoms with Gasteiger partial charge < -0.3 is 29.4 Å². The number of carbonyl (C=O) groups is 1. The van der Waals surface area contributed by atoms with E-state index >= 15 is 0 Å². The fourth-order valence-corrected chi connectivity index (χ4v) is 3.58. The van der Waals surface area contributed by atoms with E-state index in [9.17, 15) is 9.59 Å². The highest BCUT2D eigenvalue weighted by Gasteiger charge is 2.25. The number of nitrogens with one attached hydrogen (secondary N) is 2. The Labute approximate surface area is 185 Å². The minimum atomic E-state index is -0.322. The molecule has 9 nitrogen and oxygen atoms in total. The molecule has 0 spiro atoms. The molecule has 1 aromatic heterocycles. The molecule has 0 radical (unpaired) electrons. The number of benzene rings is 2. The number of H-pyrrole nitrogens is 1. The first-order valence-corrected chi connectivity index (χ1v) is 10.1. The molecule has 2 aromatic carbocycles. The minimum absolute atomic E-state index is 0.171. The molecule has 2 heterocycles. The highest BCUT2D eigenvalue weighted by Crippen LogP contribution is 2.29. The van der Waals surface area contributed by atoms with Gasteiger partial charge in [0.05, 0.1) is 44.8 Å². The van der Waals surface area contributed by atoms with Crippen LogP contribution in [0.4, 0.5) is 10.5 Å². The largest absolute Gasteiger partial charge is 0.497 e. The molecule has 9 heteroatoms. The lowest BCUT2D eigenvalue weighted by Gasteiger charge is -2.28. The third-order valence-corrected chi connectivity index (χ3v) is 5.37. The van der Waals surface area contributed by atoms with Crippen LogP contribution in [0.25, 0.3) is 11.4 Å². The first-order chi connectivity index (χ1) is 15.5. The van der Waals surface area contributed by atoms with Gasteiger partial charge in [0.1, 0.15) is 23.1 Å². The molecule has 2 N–H and O–H groups in total. The zero-order chi connectivity index (χ0) is 22.7. The number of amides is 2. The van der Waals surface area contributed by atoms with Crippen molar-refractivity contribution >= 4 is 11.7 Å². The van der Waals surface area contributed by atoms with Gasteiger partial charge in [0.15, 0.2) is 0 Å². The maximum atomic E-state index is 12.8. The van der Waals surface area contributed by atoms with Gasteiger partial charge in [0, 0.05) is 24.6 Å². The molecule has 0 saturated heterocycles. The van der Waals surface area contributed by atoms with Crippen LogP contribution >= 0.6 is 0 Å².